The van der Waals surface area contributed by atoms with Crippen LogP contribution in [-0.2, 0) is 9.53 Å². The molecule has 0 radical (unpaired) electrons. The average Bonchev–Trinajstić information content (AvgIpc) is 3.61. The van der Waals surface area contributed by atoms with Gasteiger partial charge in [-0.2, -0.15) is 8.78 Å². The molecule has 2 aliphatic rings. The number of carbonyl (C=O) groups is 2. The highest BCUT2D eigenvalue weighted by Gasteiger charge is 2.42. The Morgan fingerprint density at radius 2 is 1.78 bits per heavy atom. The summed E-state index contributed by atoms with van der Waals surface area (Å²) in [6.07, 6.45) is 3.75. The highest BCUT2D eigenvalue weighted by Crippen LogP contribution is 2.36. The summed E-state index contributed by atoms with van der Waals surface area (Å²) in [5, 5.41) is 0. The fourth-order valence-corrected chi connectivity index (χ4v) is 5.27. The molecule has 2 saturated heterocycles. The Balaban J connectivity index is 1.47. The quantitative estimate of drug-likeness (QED) is 0.376. The number of aromatic nitrogens is 1. The number of methoxy groups -OCH3 is 1. The molecule has 3 aromatic rings. The molecule has 5 rings (SSSR count). The molecule has 1 aromatic heterocycles. The maximum Gasteiger partial charge on any atom is 0.387 e. The van der Waals surface area contributed by atoms with Crippen molar-refractivity contribution >= 4 is 23.7 Å². The molecular formula is C30H29F2N3O6. The largest absolute Gasteiger partial charge is 0.497 e. The number of nitrogens with zero attached hydrogens (tertiary/aromatic N) is 3. The van der Waals surface area contributed by atoms with Gasteiger partial charge in [-0.25, -0.2) is 4.99 Å². The van der Waals surface area contributed by atoms with Crippen molar-refractivity contribution in [3.63, 3.8) is 0 Å². The number of hydrogen-bond acceptors (Lipinski definition) is 6. The first-order chi connectivity index (χ1) is 19.8. The molecule has 0 bridgehead atoms. The van der Waals surface area contributed by atoms with E-state index in [9.17, 15) is 23.2 Å². The lowest BCUT2D eigenvalue weighted by Gasteiger charge is -2.21. The molecule has 214 valence electrons. The van der Waals surface area contributed by atoms with E-state index in [-0.39, 0.29) is 35.4 Å². The van der Waals surface area contributed by atoms with E-state index in [2.05, 4.69) is 9.73 Å². The number of anilines is 1. The van der Waals surface area contributed by atoms with Gasteiger partial charge in [-0.05, 0) is 66.9 Å². The minimum atomic E-state index is -2.98. The molecule has 0 N–H and O–H groups in total. The van der Waals surface area contributed by atoms with Crippen molar-refractivity contribution in [2.24, 2.45) is 10.9 Å². The first-order valence-electron chi connectivity index (χ1n) is 13.1. The number of halogens is 2. The number of aryl methyl sites for hydroxylation is 1. The lowest BCUT2D eigenvalue weighted by Crippen LogP contribution is -2.36. The van der Waals surface area contributed by atoms with E-state index >= 15 is 0 Å². The molecule has 41 heavy (non-hydrogen) atoms. The van der Waals surface area contributed by atoms with Crippen LogP contribution in [0.2, 0.25) is 0 Å². The summed E-state index contributed by atoms with van der Waals surface area (Å²) in [6.45, 7) is 0.00402. The summed E-state index contributed by atoms with van der Waals surface area (Å²) < 4.78 is 41.6. The van der Waals surface area contributed by atoms with Gasteiger partial charge in [-0.15, -0.1) is 0 Å². The number of rotatable bonds is 8. The van der Waals surface area contributed by atoms with Crippen molar-refractivity contribution in [2.75, 3.05) is 31.8 Å². The Morgan fingerprint density at radius 3 is 2.41 bits per heavy atom. The SMILES string of the molecule is COc1ccc([C@@H]2CN(c3c(C)ccn(C4CCOC4)c3=O)C(=O)C2C=NC(=O)c2ccc(OC(F)F)cc2)cc1. The molecule has 3 atom stereocenters. The van der Waals surface area contributed by atoms with Gasteiger partial charge >= 0.3 is 6.61 Å². The van der Waals surface area contributed by atoms with Gasteiger partial charge in [0.1, 0.15) is 17.2 Å². The maximum absolute atomic E-state index is 13.9. The van der Waals surface area contributed by atoms with E-state index in [4.69, 9.17) is 9.47 Å². The van der Waals surface area contributed by atoms with Crippen LogP contribution >= 0.6 is 0 Å². The number of benzene rings is 2. The Bertz CT molecular complexity index is 1500. The minimum Gasteiger partial charge on any atom is -0.497 e. The third kappa shape index (κ3) is 5.90. The number of ether oxygens (including phenoxy) is 3. The van der Waals surface area contributed by atoms with Crippen LogP contribution in [0.1, 0.15) is 39.9 Å². The zero-order valence-electron chi connectivity index (χ0n) is 22.5. The summed E-state index contributed by atoms with van der Waals surface area (Å²) >= 11 is 0. The smallest absolute Gasteiger partial charge is 0.387 e. The molecule has 9 nitrogen and oxygen atoms in total. The molecular weight excluding hydrogens is 536 g/mol. The van der Waals surface area contributed by atoms with E-state index in [0.29, 0.717) is 36.6 Å². The molecule has 2 unspecified atom stereocenters. The van der Waals surface area contributed by atoms with E-state index in [1.54, 1.807) is 36.9 Å². The van der Waals surface area contributed by atoms with Crippen molar-refractivity contribution in [2.45, 2.75) is 31.9 Å². The zero-order chi connectivity index (χ0) is 29.1. The predicted octanol–water partition coefficient (Wildman–Crippen LogP) is 4.39. The summed E-state index contributed by atoms with van der Waals surface area (Å²) in [7, 11) is 1.56. The summed E-state index contributed by atoms with van der Waals surface area (Å²) in [6, 6.07) is 14.1. The number of aliphatic imine (C=N–C) groups is 1. The third-order valence-corrected chi connectivity index (χ3v) is 7.45. The lowest BCUT2D eigenvalue weighted by molar-refractivity contribution is -0.118. The van der Waals surface area contributed by atoms with Gasteiger partial charge in [0.25, 0.3) is 11.5 Å². The van der Waals surface area contributed by atoms with Crippen molar-refractivity contribution in [3.8, 4) is 11.5 Å². The highest BCUT2D eigenvalue weighted by atomic mass is 19.3. The zero-order valence-corrected chi connectivity index (χ0v) is 22.5. The number of pyridine rings is 1. The fraction of sp³-hybridized carbons (Fsp3) is 0.333. The molecule has 2 aromatic carbocycles. The molecule has 0 saturated carbocycles. The molecule has 11 heteroatoms. The van der Waals surface area contributed by atoms with Crippen molar-refractivity contribution in [3.05, 3.63) is 87.8 Å². The van der Waals surface area contributed by atoms with Gasteiger partial charge in [-0.3, -0.25) is 14.4 Å². The number of alkyl halides is 2. The van der Waals surface area contributed by atoms with Gasteiger partial charge in [-0.1, -0.05) is 12.1 Å². The Morgan fingerprint density at radius 1 is 1.07 bits per heavy atom. The average molecular weight is 566 g/mol. The van der Waals surface area contributed by atoms with Crippen LogP contribution in [-0.4, -0.2) is 56.1 Å². The second kappa shape index (κ2) is 12.0. The minimum absolute atomic E-state index is 0.0882. The van der Waals surface area contributed by atoms with Crippen molar-refractivity contribution in [1.82, 2.24) is 4.57 Å². The van der Waals surface area contributed by atoms with Gasteiger partial charge in [0, 0.05) is 37.0 Å². The van der Waals surface area contributed by atoms with E-state index in [1.807, 2.05) is 18.2 Å². The first kappa shape index (κ1) is 28.2. The third-order valence-electron chi connectivity index (χ3n) is 7.45. The second-order valence-electron chi connectivity index (χ2n) is 9.92. The van der Waals surface area contributed by atoms with Crippen molar-refractivity contribution < 1.29 is 32.6 Å². The van der Waals surface area contributed by atoms with Gasteiger partial charge in [0.15, 0.2) is 0 Å². The van der Waals surface area contributed by atoms with Crippen LogP contribution in [0.4, 0.5) is 14.5 Å². The number of carbonyl (C=O) groups excluding carboxylic acids is 2. The normalized spacial score (nSPS) is 20.8. The fourth-order valence-electron chi connectivity index (χ4n) is 5.27. The molecule has 3 heterocycles. The van der Waals surface area contributed by atoms with Crippen LogP contribution in [0.5, 0.6) is 11.5 Å². The van der Waals surface area contributed by atoms with Crippen molar-refractivity contribution in [1.29, 1.82) is 0 Å². The maximum atomic E-state index is 13.9. The Hall–Kier alpha value is -4.38. The standard InChI is InChI=1S/C30H29F2N3O6/c1-18-11-13-34(21-12-14-40-17-21)29(38)26(18)35-16-25(19-3-7-22(39-2)8-4-19)24(28(35)37)15-33-27(36)20-5-9-23(10-6-20)41-30(31)32/h3-11,13,15,21,24-25,30H,12,14,16-17H2,1-2H3/t21?,24?,25-/m0/s1. The molecule has 0 spiro atoms. The molecule has 2 amide bonds. The molecule has 2 fully saturated rings. The van der Waals surface area contributed by atoms with E-state index in [1.165, 1.54) is 35.4 Å². The Labute approximate surface area is 235 Å². The van der Waals surface area contributed by atoms with Gasteiger partial charge in [0.2, 0.25) is 5.91 Å². The highest BCUT2D eigenvalue weighted by molar-refractivity contribution is 6.10. The van der Waals surface area contributed by atoms with Crippen LogP contribution in [0.3, 0.4) is 0 Å². The summed E-state index contributed by atoms with van der Waals surface area (Å²) in [5.74, 6) is -1.69. The number of hydrogen-bond donors (Lipinski definition) is 0. The van der Waals surface area contributed by atoms with Gasteiger partial charge < -0.3 is 23.7 Å². The van der Waals surface area contributed by atoms with Crippen LogP contribution in [0.25, 0.3) is 0 Å². The first-order valence-corrected chi connectivity index (χ1v) is 13.1. The van der Waals surface area contributed by atoms with Crippen LogP contribution in [0, 0.1) is 12.8 Å². The monoisotopic (exact) mass is 565 g/mol. The van der Waals surface area contributed by atoms with E-state index in [0.717, 1.165) is 5.56 Å². The van der Waals surface area contributed by atoms with Crippen LogP contribution < -0.4 is 19.9 Å². The van der Waals surface area contributed by atoms with Crippen LogP contribution in [0.15, 0.2) is 70.6 Å². The van der Waals surface area contributed by atoms with E-state index < -0.39 is 24.4 Å². The summed E-state index contributed by atoms with van der Waals surface area (Å²) in [5.41, 5.74) is 1.64. The number of amides is 2. The summed E-state index contributed by atoms with van der Waals surface area (Å²) in [4.78, 5) is 45.9. The molecule has 0 aliphatic carbocycles. The predicted molar refractivity (Wildman–Crippen MR) is 147 cm³/mol. The second-order valence-corrected chi connectivity index (χ2v) is 9.92. The van der Waals surface area contributed by atoms with Gasteiger partial charge in [0.05, 0.1) is 25.7 Å². The topological polar surface area (TPSA) is 99.4 Å². The molecule has 2 aliphatic heterocycles. The lowest BCUT2D eigenvalue weighted by atomic mass is 9.89. The Kier molecular flexibility index (Phi) is 8.25.